The molecular formula is C19H22N2O3. The number of nitrogens with one attached hydrogen (secondary N) is 2. The quantitative estimate of drug-likeness (QED) is 0.765. The largest absolute Gasteiger partial charge is 0.465 e. The smallest absolute Gasteiger partial charge is 0.339 e. The first-order valence-corrected chi connectivity index (χ1v) is 7.94. The Labute approximate surface area is 142 Å². The highest BCUT2D eigenvalue weighted by molar-refractivity contribution is 5.96. The highest BCUT2D eigenvalue weighted by atomic mass is 16.5. The summed E-state index contributed by atoms with van der Waals surface area (Å²) in [5.41, 5.74) is 3.07. The summed E-state index contributed by atoms with van der Waals surface area (Å²) < 4.78 is 4.75. The summed E-state index contributed by atoms with van der Waals surface area (Å²) in [6.07, 6.45) is 1.16. The molecule has 24 heavy (non-hydrogen) atoms. The van der Waals surface area contributed by atoms with E-state index >= 15 is 0 Å². The predicted molar refractivity (Wildman–Crippen MR) is 95.3 cm³/mol. The van der Waals surface area contributed by atoms with Crippen molar-refractivity contribution < 1.29 is 14.3 Å². The molecule has 2 N–H and O–H groups in total. The van der Waals surface area contributed by atoms with Gasteiger partial charge in [-0.3, -0.25) is 4.79 Å². The lowest BCUT2D eigenvalue weighted by Gasteiger charge is -2.12. The van der Waals surface area contributed by atoms with Crippen molar-refractivity contribution in [2.45, 2.75) is 19.8 Å². The summed E-state index contributed by atoms with van der Waals surface area (Å²) in [5, 5.41) is 6.04. The Kier molecular flexibility index (Phi) is 6.37. The fraction of sp³-hybridized carbons (Fsp3) is 0.263. The van der Waals surface area contributed by atoms with Crippen LogP contribution in [0.15, 0.2) is 48.5 Å². The number of carbonyl (C=O) groups excluding carboxylic acids is 2. The maximum Gasteiger partial charge on any atom is 0.339 e. The van der Waals surface area contributed by atoms with Gasteiger partial charge in [0.2, 0.25) is 5.91 Å². The van der Waals surface area contributed by atoms with Gasteiger partial charge >= 0.3 is 5.97 Å². The zero-order valence-corrected chi connectivity index (χ0v) is 14.0. The molecule has 1 amide bonds. The van der Waals surface area contributed by atoms with Gasteiger partial charge < -0.3 is 15.4 Å². The number of methoxy groups -OCH3 is 1. The number of anilines is 2. The topological polar surface area (TPSA) is 67.4 Å². The highest BCUT2D eigenvalue weighted by Crippen LogP contribution is 2.17. The number of hydrogen-bond acceptors (Lipinski definition) is 4. The Balaban J connectivity index is 1.90. The second-order valence-corrected chi connectivity index (χ2v) is 5.27. The molecule has 0 fully saturated rings. The molecule has 126 valence electrons. The van der Waals surface area contributed by atoms with Crippen molar-refractivity contribution in [3.8, 4) is 0 Å². The Morgan fingerprint density at radius 1 is 1.00 bits per heavy atom. The third-order valence-corrected chi connectivity index (χ3v) is 3.67. The third kappa shape index (κ3) is 4.59. The van der Waals surface area contributed by atoms with Crippen LogP contribution in [0, 0.1) is 0 Å². The van der Waals surface area contributed by atoms with Crippen LogP contribution in [0.1, 0.15) is 29.3 Å². The molecule has 2 rings (SSSR count). The molecule has 0 radical (unpaired) electrons. The fourth-order valence-corrected chi connectivity index (χ4v) is 2.40. The molecule has 0 aliphatic rings. The van der Waals surface area contributed by atoms with E-state index in [0.29, 0.717) is 24.2 Å². The molecule has 0 aliphatic carbocycles. The molecule has 0 spiro atoms. The molecule has 0 saturated heterocycles. The van der Waals surface area contributed by atoms with E-state index in [9.17, 15) is 9.59 Å². The molecular weight excluding hydrogens is 304 g/mol. The normalized spacial score (nSPS) is 10.1. The summed E-state index contributed by atoms with van der Waals surface area (Å²) in [5.74, 6) is -0.474. The van der Waals surface area contributed by atoms with E-state index < -0.39 is 5.97 Å². The lowest BCUT2D eigenvalue weighted by atomic mass is 10.1. The number of para-hydroxylation sites is 2. The van der Waals surface area contributed by atoms with E-state index in [-0.39, 0.29) is 5.91 Å². The van der Waals surface area contributed by atoms with E-state index in [4.69, 9.17) is 4.74 Å². The van der Waals surface area contributed by atoms with Crippen LogP contribution in [-0.2, 0) is 16.0 Å². The minimum atomic E-state index is -0.403. The molecule has 2 aromatic rings. The molecule has 0 aliphatic heterocycles. The Bertz CT molecular complexity index is 713. The van der Waals surface area contributed by atoms with E-state index in [1.54, 1.807) is 18.2 Å². The molecule has 0 aromatic heterocycles. The first-order valence-electron chi connectivity index (χ1n) is 7.94. The SMILES string of the molecule is CCc1ccccc1NC(=O)CCNc1ccccc1C(=O)OC. The van der Waals surface area contributed by atoms with Gasteiger partial charge in [0.1, 0.15) is 0 Å². The fourth-order valence-electron chi connectivity index (χ4n) is 2.40. The van der Waals surface area contributed by atoms with Gasteiger partial charge in [-0.25, -0.2) is 4.79 Å². The average molecular weight is 326 g/mol. The first-order chi connectivity index (χ1) is 11.7. The highest BCUT2D eigenvalue weighted by Gasteiger charge is 2.11. The second-order valence-electron chi connectivity index (χ2n) is 5.27. The van der Waals surface area contributed by atoms with Crippen molar-refractivity contribution in [1.82, 2.24) is 0 Å². The van der Waals surface area contributed by atoms with E-state index in [0.717, 1.165) is 17.7 Å². The molecule has 0 unspecified atom stereocenters. The summed E-state index contributed by atoms with van der Waals surface area (Å²) in [6.45, 7) is 2.48. The van der Waals surface area contributed by atoms with Crippen molar-refractivity contribution in [1.29, 1.82) is 0 Å². The maximum absolute atomic E-state index is 12.1. The van der Waals surface area contributed by atoms with Crippen molar-refractivity contribution >= 4 is 23.3 Å². The Morgan fingerprint density at radius 3 is 2.38 bits per heavy atom. The van der Waals surface area contributed by atoms with Gasteiger partial charge in [0, 0.05) is 24.3 Å². The van der Waals surface area contributed by atoms with Crippen LogP contribution in [-0.4, -0.2) is 25.5 Å². The zero-order valence-electron chi connectivity index (χ0n) is 14.0. The second kappa shape index (κ2) is 8.72. The third-order valence-electron chi connectivity index (χ3n) is 3.67. The summed E-state index contributed by atoms with van der Waals surface area (Å²) >= 11 is 0. The van der Waals surface area contributed by atoms with Crippen LogP contribution >= 0.6 is 0 Å². The molecule has 0 saturated carbocycles. The van der Waals surface area contributed by atoms with Crippen LogP contribution in [0.5, 0.6) is 0 Å². The van der Waals surface area contributed by atoms with Gasteiger partial charge in [-0.15, -0.1) is 0 Å². The maximum atomic E-state index is 12.1. The zero-order chi connectivity index (χ0) is 17.4. The molecule has 2 aromatic carbocycles. The van der Waals surface area contributed by atoms with Crippen LogP contribution < -0.4 is 10.6 Å². The number of amides is 1. The van der Waals surface area contributed by atoms with Gasteiger partial charge in [-0.05, 0) is 30.2 Å². The number of aryl methyl sites for hydroxylation is 1. The van der Waals surface area contributed by atoms with Gasteiger partial charge in [0.05, 0.1) is 12.7 Å². The van der Waals surface area contributed by atoms with Crippen molar-refractivity contribution in [3.63, 3.8) is 0 Å². The number of carbonyl (C=O) groups is 2. The minimum absolute atomic E-state index is 0.0704. The van der Waals surface area contributed by atoms with Crippen LogP contribution in [0.25, 0.3) is 0 Å². The summed E-state index contributed by atoms with van der Waals surface area (Å²) in [7, 11) is 1.34. The average Bonchev–Trinajstić information content (AvgIpc) is 2.62. The van der Waals surface area contributed by atoms with Crippen molar-refractivity contribution in [2.75, 3.05) is 24.3 Å². The van der Waals surface area contributed by atoms with Crippen molar-refractivity contribution in [2.24, 2.45) is 0 Å². The van der Waals surface area contributed by atoms with E-state index in [1.165, 1.54) is 7.11 Å². The monoisotopic (exact) mass is 326 g/mol. The van der Waals surface area contributed by atoms with Gasteiger partial charge in [-0.2, -0.15) is 0 Å². The van der Waals surface area contributed by atoms with E-state index in [1.807, 2.05) is 30.3 Å². The number of benzene rings is 2. The summed E-state index contributed by atoms with van der Waals surface area (Å²) in [4.78, 5) is 23.8. The van der Waals surface area contributed by atoms with Crippen LogP contribution in [0.4, 0.5) is 11.4 Å². The lowest BCUT2D eigenvalue weighted by Crippen LogP contribution is -2.18. The summed E-state index contributed by atoms with van der Waals surface area (Å²) in [6, 6.07) is 14.8. The Hall–Kier alpha value is -2.82. The Morgan fingerprint density at radius 2 is 1.67 bits per heavy atom. The number of rotatable bonds is 7. The lowest BCUT2D eigenvalue weighted by molar-refractivity contribution is -0.115. The number of ether oxygens (including phenoxy) is 1. The van der Waals surface area contributed by atoms with Crippen LogP contribution in [0.3, 0.4) is 0 Å². The van der Waals surface area contributed by atoms with Crippen molar-refractivity contribution in [3.05, 3.63) is 59.7 Å². The molecule has 5 nitrogen and oxygen atoms in total. The molecule has 0 atom stereocenters. The molecule has 0 bridgehead atoms. The van der Waals surface area contributed by atoms with Crippen LogP contribution in [0.2, 0.25) is 0 Å². The minimum Gasteiger partial charge on any atom is -0.465 e. The standard InChI is InChI=1S/C19H22N2O3/c1-3-14-8-4-6-10-16(14)21-18(22)12-13-20-17-11-7-5-9-15(17)19(23)24-2/h4-11,20H,3,12-13H2,1-2H3,(H,21,22). The predicted octanol–water partition coefficient (Wildman–Crippen LogP) is 3.48. The number of hydrogen-bond donors (Lipinski definition) is 2. The first kappa shape index (κ1) is 17.5. The van der Waals surface area contributed by atoms with E-state index in [2.05, 4.69) is 17.6 Å². The van der Waals surface area contributed by atoms with Gasteiger partial charge in [0.25, 0.3) is 0 Å². The molecule has 0 heterocycles. The van der Waals surface area contributed by atoms with Gasteiger partial charge in [-0.1, -0.05) is 37.3 Å². The molecule has 5 heteroatoms. The van der Waals surface area contributed by atoms with Gasteiger partial charge in [0.15, 0.2) is 0 Å². The number of esters is 1.